The summed E-state index contributed by atoms with van der Waals surface area (Å²) in [7, 11) is 1.70. The van der Waals surface area contributed by atoms with Gasteiger partial charge in [-0.25, -0.2) is 0 Å². The molecule has 1 heterocycles. The minimum absolute atomic E-state index is 0.212. The molecule has 0 radical (unpaired) electrons. The van der Waals surface area contributed by atoms with Gasteiger partial charge in [-0.15, -0.1) is 0 Å². The van der Waals surface area contributed by atoms with Gasteiger partial charge in [0, 0.05) is 26.7 Å². The average Bonchev–Trinajstić information content (AvgIpc) is 2.70. The predicted octanol–water partition coefficient (Wildman–Crippen LogP) is 0.0676. The standard InChI is InChI=1S/C11H24N2O2/c1-10(15-2)7-12-8-11(14)9-13-5-3-4-6-13/h10-12,14H,3-9H2,1-2H3. The number of ether oxygens (including phenoxy) is 1. The van der Waals surface area contributed by atoms with Crippen LogP contribution < -0.4 is 5.32 Å². The third-order valence-corrected chi connectivity index (χ3v) is 2.88. The average molecular weight is 216 g/mol. The van der Waals surface area contributed by atoms with E-state index >= 15 is 0 Å². The van der Waals surface area contributed by atoms with Crippen molar-refractivity contribution in [2.45, 2.75) is 32.0 Å². The van der Waals surface area contributed by atoms with Crippen LogP contribution in [0.3, 0.4) is 0 Å². The highest BCUT2D eigenvalue weighted by Crippen LogP contribution is 2.07. The molecule has 0 spiro atoms. The van der Waals surface area contributed by atoms with E-state index in [1.165, 1.54) is 12.8 Å². The SMILES string of the molecule is COC(C)CNCC(O)CN1CCCC1. The van der Waals surface area contributed by atoms with E-state index in [1.807, 2.05) is 6.92 Å². The first-order chi connectivity index (χ1) is 7.22. The first kappa shape index (κ1) is 12.9. The summed E-state index contributed by atoms with van der Waals surface area (Å²) < 4.78 is 5.11. The summed E-state index contributed by atoms with van der Waals surface area (Å²) in [6.07, 6.45) is 2.51. The number of aliphatic hydroxyl groups excluding tert-OH is 1. The summed E-state index contributed by atoms with van der Waals surface area (Å²) in [6.45, 7) is 6.56. The van der Waals surface area contributed by atoms with Gasteiger partial charge in [-0.05, 0) is 32.9 Å². The van der Waals surface area contributed by atoms with Crippen molar-refractivity contribution >= 4 is 0 Å². The normalized spacial score (nSPS) is 21.8. The molecule has 0 aromatic heterocycles. The molecule has 0 bridgehead atoms. The highest BCUT2D eigenvalue weighted by atomic mass is 16.5. The molecule has 1 aliphatic rings. The molecule has 1 aliphatic heterocycles. The summed E-state index contributed by atoms with van der Waals surface area (Å²) in [4.78, 5) is 2.33. The molecule has 1 fully saturated rings. The molecule has 1 rings (SSSR count). The van der Waals surface area contributed by atoms with Gasteiger partial charge in [0.05, 0.1) is 12.2 Å². The molecule has 2 atom stereocenters. The number of likely N-dealkylation sites (tertiary alicyclic amines) is 1. The van der Waals surface area contributed by atoms with Gasteiger partial charge < -0.3 is 20.1 Å². The van der Waals surface area contributed by atoms with Crippen LogP contribution in [0.4, 0.5) is 0 Å². The molecular formula is C11H24N2O2. The number of hydrogen-bond acceptors (Lipinski definition) is 4. The van der Waals surface area contributed by atoms with Gasteiger partial charge in [0.25, 0.3) is 0 Å². The molecule has 0 saturated carbocycles. The first-order valence-electron chi connectivity index (χ1n) is 5.86. The lowest BCUT2D eigenvalue weighted by atomic mass is 10.3. The van der Waals surface area contributed by atoms with E-state index in [0.29, 0.717) is 6.54 Å². The maximum absolute atomic E-state index is 9.75. The fourth-order valence-corrected chi connectivity index (χ4v) is 1.86. The summed E-state index contributed by atoms with van der Waals surface area (Å²) >= 11 is 0. The summed E-state index contributed by atoms with van der Waals surface area (Å²) in [5.74, 6) is 0. The Morgan fingerprint density at radius 1 is 1.33 bits per heavy atom. The van der Waals surface area contributed by atoms with E-state index in [1.54, 1.807) is 7.11 Å². The Bertz CT molecular complexity index is 161. The molecule has 0 amide bonds. The second-order valence-electron chi connectivity index (χ2n) is 4.37. The van der Waals surface area contributed by atoms with Crippen LogP contribution in [0, 0.1) is 0 Å². The highest BCUT2D eigenvalue weighted by molar-refractivity contribution is 4.71. The van der Waals surface area contributed by atoms with Gasteiger partial charge in [0.2, 0.25) is 0 Å². The molecular weight excluding hydrogens is 192 g/mol. The van der Waals surface area contributed by atoms with Gasteiger partial charge in [0.15, 0.2) is 0 Å². The number of nitrogens with zero attached hydrogens (tertiary/aromatic N) is 1. The topological polar surface area (TPSA) is 44.7 Å². The van der Waals surface area contributed by atoms with Crippen LogP contribution in [0.15, 0.2) is 0 Å². The van der Waals surface area contributed by atoms with Crippen molar-refractivity contribution in [3.8, 4) is 0 Å². The summed E-state index contributed by atoms with van der Waals surface area (Å²) in [5.41, 5.74) is 0. The van der Waals surface area contributed by atoms with Gasteiger partial charge in [-0.3, -0.25) is 0 Å². The number of β-amino-alcohol motifs (C(OH)–C–C–N with tert-alkyl or cyclic N) is 1. The summed E-state index contributed by atoms with van der Waals surface area (Å²) in [5, 5.41) is 13.0. The Kier molecular flexibility index (Phi) is 6.17. The lowest BCUT2D eigenvalue weighted by molar-refractivity contribution is 0.0989. The van der Waals surface area contributed by atoms with Crippen LogP contribution in [0.25, 0.3) is 0 Å². The minimum Gasteiger partial charge on any atom is -0.390 e. The number of hydrogen-bond donors (Lipinski definition) is 2. The molecule has 0 aliphatic carbocycles. The van der Waals surface area contributed by atoms with E-state index in [0.717, 1.165) is 26.2 Å². The molecule has 0 aromatic rings. The summed E-state index contributed by atoms with van der Waals surface area (Å²) in [6, 6.07) is 0. The van der Waals surface area contributed by atoms with E-state index < -0.39 is 0 Å². The molecule has 4 heteroatoms. The molecule has 2 N–H and O–H groups in total. The van der Waals surface area contributed by atoms with Gasteiger partial charge in [0.1, 0.15) is 0 Å². The Morgan fingerprint density at radius 2 is 2.00 bits per heavy atom. The zero-order valence-corrected chi connectivity index (χ0v) is 9.91. The van der Waals surface area contributed by atoms with Crippen LogP contribution in [0.2, 0.25) is 0 Å². The maximum Gasteiger partial charge on any atom is 0.0791 e. The van der Waals surface area contributed by atoms with E-state index in [-0.39, 0.29) is 12.2 Å². The van der Waals surface area contributed by atoms with Crippen molar-refractivity contribution in [2.24, 2.45) is 0 Å². The first-order valence-corrected chi connectivity index (χ1v) is 5.86. The number of aliphatic hydroxyl groups is 1. The maximum atomic E-state index is 9.75. The van der Waals surface area contributed by atoms with Crippen molar-refractivity contribution in [3.63, 3.8) is 0 Å². The van der Waals surface area contributed by atoms with Crippen LogP contribution >= 0.6 is 0 Å². The van der Waals surface area contributed by atoms with Gasteiger partial charge >= 0.3 is 0 Å². The third-order valence-electron chi connectivity index (χ3n) is 2.88. The van der Waals surface area contributed by atoms with Crippen molar-refractivity contribution in [2.75, 3.05) is 39.8 Å². The highest BCUT2D eigenvalue weighted by Gasteiger charge is 2.15. The zero-order chi connectivity index (χ0) is 11.1. The Morgan fingerprint density at radius 3 is 2.60 bits per heavy atom. The number of nitrogens with one attached hydrogen (secondary N) is 1. The Balaban J connectivity index is 2.00. The lowest BCUT2D eigenvalue weighted by Crippen LogP contribution is -2.39. The largest absolute Gasteiger partial charge is 0.390 e. The Labute approximate surface area is 92.6 Å². The fourth-order valence-electron chi connectivity index (χ4n) is 1.86. The number of rotatable bonds is 7. The molecule has 1 saturated heterocycles. The second kappa shape index (κ2) is 7.17. The lowest BCUT2D eigenvalue weighted by Gasteiger charge is -2.20. The van der Waals surface area contributed by atoms with Crippen LogP contribution in [0.5, 0.6) is 0 Å². The molecule has 15 heavy (non-hydrogen) atoms. The monoisotopic (exact) mass is 216 g/mol. The smallest absolute Gasteiger partial charge is 0.0791 e. The molecule has 2 unspecified atom stereocenters. The van der Waals surface area contributed by atoms with Gasteiger partial charge in [-0.2, -0.15) is 0 Å². The van der Waals surface area contributed by atoms with Gasteiger partial charge in [-0.1, -0.05) is 0 Å². The van der Waals surface area contributed by atoms with Crippen molar-refractivity contribution in [3.05, 3.63) is 0 Å². The van der Waals surface area contributed by atoms with Crippen molar-refractivity contribution in [1.82, 2.24) is 10.2 Å². The fraction of sp³-hybridized carbons (Fsp3) is 1.00. The second-order valence-corrected chi connectivity index (χ2v) is 4.37. The van der Waals surface area contributed by atoms with E-state index in [2.05, 4.69) is 10.2 Å². The van der Waals surface area contributed by atoms with Crippen LogP contribution in [0.1, 0.15) is 19.8 Å². The van der Waals surface area contributed by atoms with Crippen LogP contribution in [-0.4, -0.2) is 62.0 Å². The third kappa shape index (κ3) is 5.47. The predicted molar refractivity (Wildman–Crippen MR) is 61.0 cm³/mol. The molecule has 0 aromatic carbocycles. The molecule has 4 nitrogen and oxygen atoms in total. The van der Waals surface area contributed by atoms with Crippen LogP contribution in [-0.2, 0) is 4.74 Å². The van der Waals surface area contributed by atoms with Crippen molar-refractivity contribution < 1.29 is 9.84 Å². The molecule has 90 valence electrons. The Hall–Kier alpha value is -0.160. The van der Waals surface area contributed by atoms with Crippen molar-refractivity contribution in [1.29, 1.82) is 0 Å². The minimum atomic E-state index is -0.257. The van der Waals surface area contributed by atoms with E-state index in [4.69, 9.17) is 4.74 Å². The zero-order valence-electron chi connectivity index (χ0n) is 9.91. The quantitative estimate of drug-likeness (QED) is 0.632. The van der Waals surface area contributed by atoms with E-state index in [9.17, 15) is 5.11 Å². The number of methoxy groups -OCH3 is 1.